The van der Waals surface area contributed by atoms with Crippen molar-refractivity contribution < 1.29 is 9.53 Å². The van der Waals surface area contributed by atoms with Crippen LogP contribution in [0.1, 0.15) is 60.3 Å². The molecule has 1 amide bonds. The molecule has 1 spiro atoms. The van der Waals surface area contributed by atoms with Crippen LogP contribution in [0, 0.1) is 11.3 Å². The number of nitrogens with zero attached hydrogens (tertiary/aromatic N) is 2. The van der Waals surface area contributed by atoms with Crippen LogP contribution in [0.4, 0.5) is 4.79 Å². The smallest absolute Gasteiger partial charge is 0.409 e. The van der Waals surface area contributed by atoms with Gasteiger partial charge in [0.1, 0.15) is 0 Å². The van der Waals surface area contributed by atoms with Crippen LogP contribution in [0.5, 0.6) is 0 Å². The van der Waals surface area contributed by atoms with Gasteiger partial charge in [-0.2, -0.15) is 0 Å². The Balaban J connectivity index is 0. The molecule has 146 valence electrons. The van der Waals surface area contributed by atoms with Crippen LogP contribution in [0.15, 0.2) is 0 Å². The Labute approximate surface area is 150 Å². The lowest BCUT2D eigenvalue weighted by Gasteiger charge is -2.47. The van der Waals surface area contributed by atoms with Crippen molar-refractivity contribution in [2.75, 3.05) is 41.3 Å². The second-order valence-corrected chi connectivity index (χ2v) is 7.40. The number of methoxy groups -OCH3 is 1. The van der Waals surface area contributed by atoms with Crippen molar-refractivity contribution in [2.45, 2.75) is 66.3 Å². The number of hydrogen-bond acceptors (Lipinski definition) is 4. The first-order valence-corrected chi connectivity index (χ1v) is 9.35. The maximum Gasteiger partial charge on any atom is 0.409 e. The SMILES string of the molecule is CC.CCC(C)N.CN(C)C.COC(=O)N1CC2(CCC(C)C2)C1. The molecular weight excluding hydrogens is 302 g/mol. The van der Waals surface area contributed by atoms with Gasteiger partial charge in [0.15, 0.2) is 0 Å². The molecular formula is C19H43N3O2. The number of nitrogens with two attached hydrogens (primary N) is 1. The summed E-state index contributed by atoms with van der Waals surface area (Å²) in [5.74, 6) is 0.847. The molecule has 2 aliphatic rings. The largest absolute Gasteiger partial charge is 0.453 e. The summed E-state index contributed by atoms with van der Waals surface area (Å²) >= 11 is 0. The fraction of sp³-hybridized carbons (Fsp3) is 0.947. The molecule has 0 aromatic heterocycles. The number of amides is 1. The van der Waals surface area contributed by atoms with Crippen molar-refractivity contribution in [3.05, 3.63) is 0 Å². The summed E-state index contributed by atoms with van der Waals surface area (Å²) in [6.07, 6.45) is 4.84. The van der Waals surface area contributed by atoms with Crippen molar-refractivity contribution in [2.24, 2.45) is 17.1 Å². The number of carbonyl (C=O) groups excluding carboxylic acids is 1. The molecule has 2 atom stereocenters. The summed E-state index contributed by atoms with van der Waals surface area (Å²) in [6.45, 7) is 12.2. The van der Waals surface area contributed by atoms with Gasteiger partial charge < -0.3 is 20.3 Å². The molecule has 2 N–H and O–H groups in total. The van der Waals surface area contributed by atoms with Crippen molar-refractivity contribution >= 4 is 6.09 Å². The minimum absolute atomic E-state index is 0.162. The zero-order chi connectivity index (χ0) is 19.3. The maximum absolute atomic E-state index is 11.1. The maximum atomic E-state index is 11.1. The van der Waals surface area contributed by atoms with Gasteiger partial charge >= 0.3 is 6.09 Å². The second kappa shape index (κ2) is 13.5. The Bertz CT molecular complexity index is 311. The number of likely N-dealkylation sites (tertiary alicyclic amines) is 1. The Hall–Kier alpha value is -0.810. The third-order valence-electron chi connectivity index (χ3n) is 4.08. The van der Waals surface area contributed by atoms with Crippen LogP contribution in [0.25, 0.3) is 0 Å². The van der Waals surface area contributed by atoms with Crippen molar-refractivity contribution in [1.29, 1.82) is 0 Å². The van der Waals surface area contributed by atoms with E-state index >= 15 is 0 Å². The zero-order valence-electron chi connectivity index (χ0n) is 17.7. The molecule has 0 aromatic rings. The van der Waals surface area contributed by atoms with Crippen LogP contribution in [-0.2, 0) is 4.74 Å². The first kappa shape index (κ1) is 25.4. The molecule has 24 heavy (non-hydrogen) atoms. The van der Waals surface area contributed by atoms with E-state index in [1.165, 1.54) is 26.4 Å². The highest BCUT2D eigenvalue weighted by Crippen LogP contribution is 2.47. The first-order chi connectivity index (χ1) is 11.2. The molecule has 1 aliphatic carbocycles. The zero-order valence-corrected chi connectivity index (χ0v) is 17.7. The number of ether oxygens (including phenoxy) is 1. The molecule has 5 heteroatoms. The second-order valence-electron chi connectivity index (χ2n) is 7.40. The predicted octanol–water partition coefficient (Wildman–Crippen LogP) is 3.82. The topological polar surface area (TPSA) is 58.8 Å². The highest BCUT2D eigenvalue weighted by molar-refractivity contribution is 5.68. The van der Waals surface area contributed by atoms with Crippen LogP contribution in [-0.4, -0.2) is 63.3 Å². The molecule has 2 fully saturated rings. The normalized spacial score (nSPS) is 21.3. The van der Waals surface area contributed by atoms with E-state index in [2.05, 4.69) is 18.6 Å². The fourth-order valence-corrected chi connectivity index (χ4v) is 2.80. The standard InChI is InChI=1S/C10H17NO2.C4H11N.C3H9N.C2H6/c1-8-3-4-10(5-8)6-11(7-10)9(12)13-2;1-3-4(2)5;1-4(2)3;1-2/h8H,3-7H2,1-2H3;4H,3,5H2,1-2H3;1-3H3;1-2H3. The van der Waals surface area contributed by atoms with Gasteiger partial charge in [-0.25, -0.2) is 4.79 Å². The van der Waals surface area contributed by atoms with Gasteiger partial charge in [0, 0.05) is 24.5 Å². The lowest BCUT2D eigenvalue weighted by Crippen LogP contribution is -2.57. The number of carbonyl (C=O) groups is 1. The lowest BCUT2D eigenvalue weighted by molar-refractivity contribution is 0.00562. The Morgan fingerprint density at radius 2 is 1.75 bits per heavy atom. The van der Waals surface area contributed by atoms with E-state index in [4.69, 9.17) is 5.73 Å². The Morgan fingerprint density at radius 3 is 2.00 bits per heavy atom. The third kappa shape index (κ3) is 10.9. The minimum Gasteiger partial charge on any atom is -0.453 e. The van der Waals surface area contributed by atoms with Crippen LogP contribution in [0.3, 0.4) is 0 Å². The summed E-state index contributed by atoms with van der Waals surface area (Å²) in [6, 6.07) is 0.384. The quantitative estimate of drug-likeness (QED) is 0.785. The molecule has 0 aromatic carbocycles. The van der Waals surface area contributed by atoms with Gasteiger partial charge in [0.25, 0.3) is 0 Å². The molecule has 1 saturated carbocycles. The molecule has 1 heterocycles. The third-order valence-corrected chi connectivity index (χ3v) is 4.08. The van der Waals surface area contributed by atoms with Crippen molar-refractivity contribution in [3.63, 3.8) is 0 Å². The Kier molecular flexibility index (Phi) is 14.3. The summed E-state index contributed by atoms with van der Waals surface area (Å²) in [7, 11) is 7.45. The van der Waals surface area contributed by atoms with Gasteiger partial charge in [-0.05, 0) is 53.2 Å². The molecule has 2 unspecified atom stereocenters. The summed E-state index contributed by atoms with van der Waals surface area (Å²) in [5.41, 5.74) is 5.76. The molecule has 2 rings (SSSR count). The van der Waals surface area contributed by atoms with Gasteiger partial charge in [0.05, 0.1) is 7.11 Å². The van der Waals surface area contributed by atoms with E-state index in [1.54, 1.807) is 4.90 Å². The van der Waals surface area contributed by atoms with Crippen molar-refractivity contribution in [1.82, 2.24) is 9.80 Å². The average Bonchev–Trinajstić information content (AvgIpc) is 2.89. The van der Waals surface area contributed by atoms with Gasteiger partial charge in [-0.15, -0.1) is 0 Å². The monoisotopic (exact) mass is 345 g/mol. The summed E-state index contributed by atoms with van der Waals surface area (Å²) < 4.78 is 4.67. The van der Waals surface area contributed by atoms with Crippen LogP contribution in [0.2, 0.25) is 0 Å². The summed E-state index contributed by atoms with van der Waals surface area (Å²) in [4.78, 5) is 14.9. The van der Waals surface area contributed by atoms with Crippen LogP contribution >= 0.6 is 0 Å². The number of hydrogen-bond donors (Lipinski definition) is 1. The molecule has 5 nitrogen and oxygen atoms in total. The molecule has 1 aliphatic heterocycles. The summed E-state index contributed by atoms with van der Waals surface area (Å²) in [5, 5.41) is 0. The minimum atomic E-state index is -0.162. The van der Waals surface area contributed by atoms with Crippen molar-refractivity contribution in [3.8, 4) is 0 Å². The lowest BCUT2D eigenvalue weighted by atomic mass is 9.78. The van der Waals surface area contributed by atoms with E-state index in [9.17, 15) is 4.79 Å². The Morgan fingerprint density at radius 1 is 1.33 bits per heavy atom. The van der Waals surface area contributed by atoms with E-state index in [1.807, 2.05) is 46.8 Å². The van der Waals surface area contributed by atoms with Gasteiger partial charge in [-0.1, -0.05) is 34.1 Å². The number of rotatable bonds is 1. The van der Waals surface area contributed by atoms with E-state index in [0.29, 0.717) is 11.5 Å². The van der Waals surface area contributed by atoms with Crippen LogP contribution < -0.4 is 5.73 Å². The van der Waals surface area contributed by atoms with Gasteiger partial charge in [0.2, 0.25) is 0 Å². The van der Waals surface area contributed by atoms with E-state index in [-0.39, 0.29) is 6.09 Å². The predicted molar refractivity (Wildman–Crippen MR) is 104 cm³/mol. The first-order valence-electron chi connectivity index (χ1n) is 9.35. The van der Waals surface area contributed by atoms with Gasteiger partial charge in [-0.3, -0.25) is 0 Å². The average molecular weight is 346 g/mol. The molecule has 0 bridgehead atoms. The highest BCUT2D eigenvalue weighted by atomic mass is 16.5. The van der Waals surface area contributed by atoms with E-state index in [0.717, 1.165) is 25.4 Å². The molecule has 1 saturated heterocycles. The fourth-order valence-electron chi connectivity index (χ4n) is 2.80. The highest BCUT2D eigenvalue weighted by Gasteiger charge is 2.48. The molecule has 0 radical (unpaired) electrons. The van der Waals surface area contributed by atoms with E-state index < -0.39 is 0 Å².